The van der Waals surface area contributed by atoms with Crippen LogP contribution < -0.4 is 0 Å². The summed E-state index contributed by atoms with van der Waals surface area (Å²) in [4.78, 5) is 27.7. The van der Waals surface area contributed by atoms with E-state index < -0.39 is 12.8 Å². The Morgan fingerprint density at radius 2 is 2.22 bits per heavy atom. The van der Waals surface area contributed by atoms with Crippen LogP contribution in [0.2, 0.25) is 0 Å². The summed E-state index contributed by atoms with van der Waals surface area (Å²) in [5.41, 5.74) is 1.69. The molecule has 8 heteroatoms. The number of ether oxygens (including phenoxy) is 1. The van der Waals surface area contributed by atoms with Gasteiger partial charge in [-0.15, -0.1) is 0 Å². The van der Waals surface area contributed by atoms with Gasteiger partial charge in [0.1, 0.15) is 19.0 Å². The second-order valence-corrected chi connectivity index (χ2v) is 5.95. The lowest BCUT2D eigenvalue weighted by Gasteiger charge is -2.25. The summed E-state index contributed by atoms with van der Waals surface area (Å²) in [5, 5.41) is 3.91. The third-order valence-corrected chi connectivity index (χ3v) is 4.66. The fraction of sp³-hybridized carbons (Fsp3) is 0.667. The molecule has 0 aliphatic carbocycles. The zero-order valence-corrected chi connectivity index (χ0v) is 13.2. The molecular formula is C15H20FN3O4. The van der Waals surface area contributed by atoms with Crippen LogP contribution >= 0.6 is 0 Å². The maximum atomic E-state index is 12.4. The van der Waals surface area contributed by atoms with Crippen LogP contribution in [0.3, 0.4) is 0 Å². The Balaban J connectivity index is 1.71. The lowest BCUT2D eigenvalue weighted by molar-refractivity contribution is -0.129. The number of nitrogens with zero attached hydrogens (tertiary/aromatic N) is 3. The highest BCUT2D eigenvalue weighted by molar-refractivity contribution is 5.82. The van der Waals surface area contributed by atoms with E-state index in [1.807, 2.05) is 13.8 Å². The first-order valence-corrected chi connectivity index (χ1v) is 7.73. The highest BCUT2D eigenvalue weighted by Gasteiger charge is 2.49. The number of amides is 2. The Morgan fingerprint density at radius 1 is 1.43 bits per heavy atom. The van der Waals surface area contributed by atoms with Gasteiger partial charge in [-0.2, -0.15) is 0 Å². The molecule has 2 atom stereocenters. The van der Waals surface area contributed by atoms with Crippen molar-refractivity contribution in [3.8, 4) is 0 Å². The van der Waals surface area contributed by atoms with Gasteiger partial charge in [0.05, 0.1) is 24.3 Å². The molecule has 0 bridgehead atoms. The number of aromatic nitrogens is 1. The van der Waals surface area contributed by atoms with E-state index in [4.69, 9.17) is 9.26 Å². The number of rotatable bonds is 4. The molecule has 126 valence electrons. The standard InChI is InChI=1S/C15H20FN3O4/c1-9-11(10(2)23-17-9)8-19-12-3-5-18(13(12)7-14(19)20)15(21)22-6-4-16/h12-13H,3-8H2,1-2H3/t12-,13-/m0/s1. The number of hydrogen-bond acceptors (Lipinski definition) is 5. The molecular weight excluding hydrogens is 305 g/mol. The van der Waals surface area contributed by atoms with Gasteiger partial charge in [-0.1, -0.05) is 5.16 Å². The Kier molecular flexibility index (Phi) is 4.23. The summed E-state index contributed by atoms with van der Waals surface area (Å²) in [6.45, 7) is 3.68. The average molecular weight is 325 g/mol. The Bertz CT molecular complexity index is 598. The first kappa shape index (κ1) is 15.8. The number of likely N-dealkylation sites (tertiary alicyclic amines) is 2. The molecule has 2 aliphatic rings. The van der Waals surface area contributed by atoms with Gasteiger partial charge >= 0.3 is 6.09 Å². The molecule has 3 rings (SSSR count). The molecule has 0 spiro atoms. The van der Waals surface area contributed by atoms with Gasteiger partial charge in [-0.25, -0.2) is 9.18 Å². The van der Waals surface area contributed by atoms with Crippen LogP contribution in [0.4, 0.5) is 9.18 Å². The van der Waals surface area contributed by atoms with Crippen LogP contribution in [0.5, 0.6) is 0 Å². The normalized spacial score (nSPS) is 23.5. The zero-order chi connectivity index (χ0) is 16.6. The van der Waals surface area contributed by atoms with Crippen LogP contribution in [0, 0.1) is 13.8 Å². The van der Waals surface area contributed by atoms with E-state index in [9.17, 15) is 14.0 Å². The highest BCUT2D eigenvalue weighted by Crippen LogP contribution is 2.34. The van der Waals surface area contributed by atoms with Gasteiger partial charge in [0, 0.05) is 18.5 Å². The number of aryl methyl sites for hydroxylation is 2. The van der Waals surface area contributed by atoms with Gasteiger partial charge in [-0.05, 0) is 20.3 Å². The van der Waals surface area contributed by atoms with Gasteiger partial charge in [0.15, 0.2) is 0 Å². The smallest absolute Gasteiger partial charge is 0.410 e. The second-order valence-electron chi connectivity index (χ2n) is 5.95. The topological polar surface area (TPSA) is 75.9 Å². The quantitative estimate of drug-likeness (QED) is 0.840. The van der Waals surface area contributed by atoms with Crippen LogP contribution in [0.15, 0.2) is 4.52 Å². The van der Waals surface area contributed by atoms with Gasteiger partial charge in [-0.3, -0.25) is 4.79 Å². The molecule has 2 saturated heterocycles. The lowest BCUT2D eigenvalue weighted by atomic mass is 10.1. The molecule has 23 heavy (non-hydrogen) atoms. The molecule has 3 heterocycles. The molecule has 1 aromatic rings. The zero-order valence-electron chi connectivity index (χ0n) is 13.2. The molecule has 0 radical (unpaired) electrons. The third-order valence-electron chi connectivity index (χ3n) is 4.66. The molecule has 7 nitrogen and oxygen atoms in total. The minimum atomic E-state index is -0.704. The fourth-order valence-electron chi connectivity index (χ4n) is 3.47. The molecule has 2 aliphatic heterocycles. The molecule has 1 aromatic heterocycles. The summed E-state index contributed by atoms with van der Waals surface area (Å²) in [7, 11) is 0. The average Bonchev–Trinajstić information content (AvgIpc) is 3.15. The number of alkyl halides is 1. The van der Waals surface area contributed by atoms with E-state index >= 15 is 0 Å². The van der Waals surface area contributed by atoms with Crippen molar-refractivity contribution in [2.45, 2.75) is 45.3 Å². The molecule has 2 amide bonds. The Labute approximate surface area is 133 Å². The summed E-state index contributed by atoms with van der Waals surface area (Å²) in [6, 6.07) is -0.232. The van der Waals surface area contributed by atoms with Crippen molar-refractivity contribution in [3.63, 3.8) is 0 Å². The van der Waals surface area contributed by atoms with Crippen LogP contribution in [0.1, 0.15) is 29.9 Å². The van der Waals surface area contributed by atoms with Crippen LogP contribution in [-0.4, -0.2) is 58.9 Å². The first-order chi connectivity index (χ1) is 11.0. The summed E-state index contributed by atoms with van der Waals surface area (Å²) in [5.74, 6) is 0.707. The Morgan fingerprint density at radius 3 is 2.87 bits per heavy atom. The van der Waals surface area contributed by atoms with Crippen molar-refractivity contribution < 1.29 is 23.2 Å². The number of fused-ring (bicyclic) bond motifs is 1. The Hall–Kier alpha value is -2.12. The van der Waals surface area contributed by atoms with Gasteiger partial charge < -0.3 is 19.1 Å². The van der Waals surface area contributed by atoms with E-state index in [1.54, 1.807) is 9.80 Å². The number of carbonyl (C=O) groups excluding carboxylic acids is 2. The molecule has 0 N–H and O–H groups in total. The summed E-state index contributed by atoms with van der Waals surface area (Å²) >= 11 is 0. The van der Waals surface area contributed by atoms with Crippen molar-refractivity contribution in [3.05, 3.63) is 17.0 Å². The molecule has 0 unspecified atom stereocenters. The third kappa shape index (κ3) is 2.77. The maximum absolute atomic E-state index is 12.4. The van der Waals surface area contributed by atoms with Gasteiger partial charge in [0.2, 0.25) is 5.91 Å². The SMILES string of the molecule is Cc1noc(C)c1CN1C(=O)C[C@H]2[C@@H]1CCN2C(=O)OCCF. The van der Waals surface area contributed by atoms with Crippen molar-refractivity contribution >= 4 is 12.0 Å². The van der Waals surface area contributed by atoms with Crippen LogP contribution in [0.25, 0.3) is 0 Å². The predicted molar refractivity (Wildman–Crippen MR) is 77.4 cm³/mol. The van der Waals surface area contributed by atoms with Crippen molar-refractivity contribution in [2.24, 2.45) is 0 Å². The molecule has 0 aromatic carbocycles. The summed E-state index contributed by atoms with van der Waals surface area (Å²) in [6.07, 6.45) is 0.436. The maximum Gasteiger partial charge on any atom is 0.410 e. The fourth-order valence-corrected chi connectivity index (χ4v) is 3.47. The lowest BCUT2D eigenvalue weighted by Crippen LogP contribution is -2.40. The van der Waals surface area contributed by atoms with E-state index in [2.05, 4.69) is 5.16 Å². The van der Waals surface area contributed by atoms with Crippen LogP contribution in [-0.2, 0) is 16.1 Å². The highest BCUT2D eigenvalue weighted by atomic mass is 19.1. The molecule has 0 saturated carbocycles. The summed E-state index contributed by atoms with van der Waals surface area (Å²) < 4.78 is 22.1. The van der Waals surface area contributed by atoms with E-state index in [-0.39, 0.29) is 31.0 Å². The number of hydrogen-bond donors (Lipinski definition) is 0. The monoisotopic (exact) mass is 325 g/mol. The minimum absolute atomic E-state index is 0.00277. The van der Waals surface area contributed by atoms with E-state index in [0.717, 1.165) is 11.3 Å². The van der Waals surface area contributed by atoms with E-state index in [0.29, 0.717) is 25.3 Å². The first-order valence-electron chi connectivity index (χ1n) is 7.73. The second kappa shape index (κ2) is 6.17. The van der Waals surface area contributed by atoms with Crippen molar-refractivity contribution in [1.29, 1.82) is 0 Å². The van der Waals surface area contributed by atoms with Crippen molar-refractivity contribution in [1.82, 2.24) is 15.0 Å². The van der Waals surface area contributed by atoms with E-state index in [1.165, 1.54) is 0 Å². The molecule has 2 fully saturated rings. The number of halogens is 1. The van der Waals surface area contributed by atoms with Gasteiger partial charge in [0.25, 0.3) is 0 Å². The predicted octanol–water partition coefficient (Wildman–Crippen LogP) is 1.57. The largest absolute Gasteiger partial charge is 0.447 e. The van der Waals surface area contributed by atoms with Crippen molar-refractivity contribution in [2.75, 3.05) is 19.8 Å². The minimum Gasteiger partial charge on any atom is -0.447 e. The number of carbonyl (C=O) groups is 2.